The minimum atomic E-state index is 0.239. The second-order valence-electron chi connectivity index (χ2n) is 8.32. The maximum absolute atomic E-state index is 9.54. The fourth-order valence-electron chi connectivity index (χ4n) is 3.55. The Kier molecular flexibility index (Phi) is 7.62. The quantitative estimate of drug-likeness (QED) is 0.289. The summed E-state index contributed by atoms with van der Waals surface area (Å²) in [7, 11) is 0. The van der Waals surface area contributed by atoms with E-state index in [0.29, 0.717) is 11.5 Å². The van der Waals surface area contributed by atoms with Gasteiger partial charge in [-0.1, -0.05) is 55.5 Å². The number of aryl methyl sites for hydroxylation is 2. The van der Waals surface area contributed by atoms with Crippen molar-refractivity contribution >= 4 is 0 Å². The molecule has 0 saturated carbocycles. The first-order chi connectivity index (χ1) is 15.7. The molecular formula is C29H30O4. The summed E-state index contributed by atoms with van der Waals surface area (Å²) in [5.74, 6) is 1.46. The SMILES string of the molecule is Cc1cc(C(C)c2ccc(O)c(C)c2)ccc1O.Oc1ccc(Cc2ccc(O)cc2)cc1. The van der Waals surface area contributed by atoms with Gasteiger partial charge in [0.05, 0.1) is 0 Å². The van der Waals surface area contributed by atoms with Crippen LogP contribution >= 0.6 is 0 Å². The van der Waals surface area contributed by atoms with E-state index in [0.717, 1.165) is 39.8 Å². The molecule has 0 spiro atoms. The van der Waals surface area contributed by atoms with E-state index in [9.17, 15) is 10.2 Å². The fraction of sp³-hybridized carbons (Fsp3) is 0.172. The van der Waals surface area contributed by atoms with Gasteiger partial charge in [0.25, 0.3) is 0 Å². The van der Waals surface area contributed by atoms with Crippen molar-refractivity contribution < 1.29 is 20.4 Å². The van der Waals surface area contributed by atoms with Crippen molar-refractivity contribution in [2.45, 2.75) is 33.1 Å². The van der Waals surface area contributed by atoms with Crippen LogP contribution in [0.15, 0.2) is 84.9 Å². The molecule has 0 saturated heterocycles. The van der Waals surface area contributed by atoms with Crippen LogP contribution in [0, 0.1) is 13.8 Å². The van der Waals surface area contributed by atoms with Crippen LogP contribution in [0.4, 0.5) is 0 Å². The highest BCUT2D eigenvalue weighted by Crippen LogP contribution is 2.30. The number of aromatic hydroxyl groups is 4. The molecule has 0 radical (unpaired) electrons. The number of rotatable bonds is 4. The molecule has 0 aromatic heterocycles. The highest BCUT2D eigenvalue weighted by molar-refractivity contribution is 5.43. The molecule has 0 bridgehead atoms. The van der Waals surface area contributed by atoms with Crippen LogP contribution in [0.3, 0.4) is 0 Å². The van der Waals surface area contributed by atoms with Gasteiger partial charge in [-0.15, -0.1) is 0 Å². The average molecular weight is 443 g/mol. The van der Waals surface area contributed by atoms with Crippen molar-refractivity contribution in [2.24, 2.45) is 0 Å². The third-order valence-corrected chi connectivity index (χ3v) is 5.72. The highest BCUT2D eigenvalue weighted by Gasteiger charge is 2.11. The van der Waals surface area contributed by atoms with Crippen molar-refractivity contribution in [2.75, 3.05) is 0 Å². The van der Waals surface area contributed by atoms with Crippen LogP contribution in [0.1, 0.15) is 46.2 Å². The summed E-state index contributed by atoms with van der Waals surface area (Å²) in [4.78, 5) is 0. The summed E-state index contributed by atoms with van der Waals surface area (Å²) in [6.07, 6.45) is 0.806. The summed E-state index contributed by atoms with van der Waals surface area (Å²) in [5.41, 5.74) is 6.37. The zero-order valence-electron chi connectivity index (χ0n) is 19.2. The van der Waals surface area contributed by atoms with Crippen molar-refractivity contribution in [3.05, 3.63) is 118 Å². The first-order valence-electron chi connectivity index (χ1n) is 10.9. The second kappa shape index (κ2) is 10.6. The molecule has 4 rings (SSSR count). The minimum Gasteiger partial charge on any atom is -0.508 e. The van der Waals surface area contributed by atoms with Crippen molar-refractivity contribution in [1.82, 2.24) is 0 Å². The van der Waals surface area contributed by atoms with Crippen LogP contribution in [0.25, 0.3) is 0 Å². The van der Waals surface area contributed by atoms with Crippen molar-refractivity contribution in [3.63, 3.8) is 0 Å². The minimum absolute atomic E-state index is 0.239. The van der Waals surface area contributed by atoms with Crippen LogP contribution in [-0.4, -0.2) is 20.4 Å². The Morgan fingerprint density at radius 2 is 0.909 bits per heavy atom. The first-order valence-corrected chi connectivity index (χ1v) is 10.9. The van der Waals surface area contributed by atoms with E-state index in [-0.39, 0.29) is 17.4 Å². The molecule has 0 atom stereocenters. The molecule has 4 N–H and O–H groups in total. The number of benzene rings is 4. The van der Waals surface area contributed by atoms with Gasteiger partial charge >= 0.3 is 0 Å². The second-order valence-corrected chi connectivity index (χ2v) is 8.32. The van der Waals surface area contributed by atoms with Gasteiger partial charge in [0, 0.05) is 5.92 Å². The van der Waals surface area contributed by atoms with Gasteiger partial charge < -0.3 is 20.4 Å². The van der Waals surface area contributed by atoms with Gasteiger partial charge in [0.15, 0.2) is 0 Å². The Bertz CT molecular complexity index is 1100. The lowest BCUT2D eigenvalue weighted by molar-refractivity contribution is 0.470. The highest BCUT2D eigenvalue weighted by atomic mass is 16.3. The predicted molar refractivity (Wildman–Crippen MR) is 132 cm³/mol. The molecule has 4 aromatic carbocycles. The Morgan fingerprint density at radius 3 is 1.24 bits per heavy atom. The molecular weight excluding hydrogens is 412 g/mol. The number of hydrogen-bond acceptors (Lipinski definition) is 4. The van der Waals surface area contributed by atoms with E-state index in [1.54, 1.807) is 36.4 Å². The van der Waals surface area contributed by atoms with Gasteiger partial charge in [0.1, 0.15) is 23.0 Å². The third kappa shape index (κ3) is 6.53. The Labute approximate surface area is 195 Å². The normalized spacial score (nSPS) is 10.5. The van der Waals surface area contributed by atoms with Crippen molar-refractivity contribution in [3.8, 4) is 23.0 Å². The zero-order chi connectivity index (χ0) is 24.0. The predicted octanol–water partition coefficient (Wildman–Crippen LogP) is 6.56. The molecule has 0 fully saturated rings. The number of hydrogen-bond donors (Lipinski definition) is 4. The largest absolute Gasteiger partial charge is 0.508 e. The summed E-state index contributed by atoms with van der Waals surface area (Å²) < 4.78 is 0. The summed E-state index contributed by atoms with van der Waals surface area (Å²) in [6.45, 7) is 5.92. The Morgan fingerprint density at radius 1 is 0.545 bits per heavy atom. The Hall–Kier alpha value is -3.92. The lowest BCUT2D eigenvalue weighted by atomic mass is 9.91. The van der Waals surface area contributed by atoms with Gasteiger partial charge in [0.2, 0.25) is 0 Å². The monoisotopic (exact) mass is 442 g/mol. The first kappa shape index (κ1) is 23.7. The molecule has 170 valence electrons. The molecule has 33 heavy (non-hydrogen) atoms. The molecule has 0 aliphatic rings. The number of phenolic OH excluding ortho intramolecular Hbond substituents is 4. The maximum Gasteiger partial charge on any atom is 0.118 e. The zero-order valence-corrected chi connectivity index (χ0v) is 19.2. The third-order valence-electron chi connectivity index (χ3n) is 5.72. The van der Waals surface area contributed by atoms with E-state index >= 15 is 0 Å². The lowest BCUT2D eigenvalue weighted by Gasteiger charge is -2.15. The molecule has 0 heterocycles. The molecule has 0 unspecified atom stereocenters. The summed E-state index contributed by atoms with van der Waals surface area (Å²) in [5, 5.41) is 37.3. The smallest absolute Gasteiger partial charge is 0.118 e. The Balaban J connectivity index is 0.000000189. The summed E-state index contributed by atoms with van der Waals surface area (Å²) in [6, 6.07) is 25.6. The van der Waals surface area contributed by atoms with Crippen molar-refractivity contribution in [1.29, 1.82) is 0 Å². The van der Waals surface area contributed by atoms with Crippen LogP contribution in [0.2, 0.25) is 0 Å². The van der Waals surface area contributed by atoms with E-state index < -0.39 is 0 Å². The van der Waals surface area contributed by atoms with E-state index in [4.69, 9.17) is 10.2 Å². The molecule has 4 aromatic rings. The molecule has 4 nitrogen and oxygen atoms in total. The fourth-order valence-corrected chi connectivity index (χ4v) is 3.55. The van der Waals surface area contributed by atoms with Crippen LogP contribution in [-0.2, 0) is 6.42 Å². The van der Waals surface area contributed by atoms with Gasteiger partial charge in [-0.2, -0.15) is 0 Å². The number of phenols is 4. The molecule has 0 aliphatic carbocycles. The van der Waals surface area contributed by atoms with Crippen LogP contribution < -0.4 is 0 Å². The molecule has 0 aliphatic heterocycles. The standard InChI is InChI=1S/C16H18O2.C13H12O2/c1-10-8-13(4-6-15(10)17)12(3)14-5-7-16(18)11(2)9-14;14-12-5-1-10(2-6-12)9-11-3-7-13(15)8-4-11/h4-9,12,17-18H,1-3H3;1-8,14-15H,9H2. The van der Waals surface area contributed by atoms with E-state index in [1.807, 2.05) is 62.4 Å². The molecule has 0 amide bonds. The van der Waals surface area contributed by atoms with E-state index in [1.165, 1.54) is 0 Å². The van der Waals surface area contributed by atoms with Gasteiger partial charge in [-0.3, -0.25) is 0 Å². The van der Waals surface area contributed by atoms with Gasteiger partial charge in [-0.25, -0.2) is 0 Å². The summed E-state index contributed by atoms with van der Waals surface area (Å²) >= 11 is 0. The topological polar surface area (TPSA) is 80.9 Å². The van der Waals surface area contributed by atoms with E-state index in [2.05, 4.69) is 6.92 Å². The average Bonchev–Trinajstić information content (AvgIpc) is 2.80. The molecule has 4 heteroatoms. The van der Waals surface area contributed by atoms with Crippen LogP contribution in [0.5, 0.6) is 23.0 Å². The lowest BCUT2D eigenvalue weighted by Crippen LogP contribution is -1.97. The van der Waals surface area contributed by atoms with Gasteiger partial charge in [-0.05, 0) is 90.0 Å². The maximum atomic E-state index is 9.54.